The summed E-state index contributed by atoms with van der Waals surface area (Å²) in [5, 5.41) is 16.2. The van der Waals surface area contributed by atoms with Gasteiger partial charge in [0, 0.05) is 16.6 Å². The number of nitrogens with zero attached hydrogens (tertiary/aromatic N) is 1. The monoisotopic (exact) mass is 421 g/mol. The fraction of sp³-hybridized carbons (Fsp3) is 0.125. The summed E-state index contributed by atoms with van der Waals surface area (Å²) in [5.41, 5.74) is 0.678. The minimum Gasteiger partial charge on any atom is -0.482 e. The van der Waals surface area contributed by atoms with Crippen molar-refractivity contribution in [1.82, 2.24) is 0 Å². The molecule has 0 fully saturated rings. The highest BCUT2D eigenvalue weighted by atomic mass is 79.9. The second-order valence-corrected chi connectivity index (χ2v) is 6.08. The van der Waals surface area contributed by atoms with Crippen LogP contribution in [0.1, 0.15) is 0 Å². The number of nitro groups is 1. The largest absolute Gasteiger partial charge is 0.482 e. The lowest BCUT2D eigenvalue weighted by molar-refractivity contribution is -0.385. The van der Waals surface area contributed by atoms with Gasteiger partial charge in [0.05, 0.1) is 16.3 Å². The molecule has 0 saturated heterocycles. The maximum Gasteiger partial charge on any atom is 0.310 e. The summed E-state index contributed by atoms with van der Waals surface area (Å²) in [6.07, 6.45) is 0. The van der Waals surface area contributed by atoms with Crippen LogP contribution in [0.25, 0.3) is 0 Å². The molecule has 1 aliphatic heterocycles. The van der Waals surface area contributed by atoms with E-state index in [-0.39, 0.29) is 24.0 Å². The summed E-state index contributed by atoms with van der Waals surface area (Å²) in [6, 6.07) is 8.95. The van der Waals surface area contributed by atoms with Gasteiger partial charge in [0.25, 0.3) is 11.8 Å². The Morgan fingerprint density at radius 3 is 2.92 bits per heavy atom. The number of hydrogen-bond acceptors (Lipinski definition) is 6. The molecule has 1 aliphatic rings. The number of carbonyl (C=O) groups is 2. The Morgan fingerprint density at radius 2 is 2.15 bits per heavy atom. The Balaban J connectivity index is 1.68. The molecule has 134 valence electrons. The number of carbonyl (C=O) groups excluding carboxylic acids is 2. The standard InChI is InChI=1S/C16H12BrN3O6/c17-9-5-11-14(26-8-16(22)19-11)6-10(9)18-15(21)7-25-13-4-2-1-3-12(13)20(23)24/h1-6H,7-8H2,(H,18,21)(H,19,22). The summed E-state index contributed by atoms with van der Waals surface area (Å²) >= 11 is 3.30. The van der Waals surface area contributed by atoms with E-state index in [9.17, 15) is 19.7 Å². The van der Waals surface area contributed by atoms with Gasteiger partial charge in [0.1, 0.15) is 5.75 Å². The van der Waals surface area contributed by atoms with Gasteiger partial charge in [-0.25, -0.2) is 0 Å². The van der Waals surface area contributed by atoms with Gasteiger partial charge in [0.2, 0.25) is 0 Å². The molecule has 0 bridgehead atoms. The number of anilines is 2. The van der Waals surface area contributed by atoms with Crippen LogP contribution in [0.2, 0.25) is 0 Å². The molecule has 0 atom stereocenters. The first-order chi connectivity index (χ1) is 12.4. The topological polar surface area (TPSA) is 120 Å². The highest BCUT2D eigenvalue weighted by Crippen LogP contribution is 2.36. The number of nitrogens with one attached hydrogen (secondary N) is 2. The van der Waals surface area contributed by atoms with Crippen molar-refractivity contribution in [2.24, 2.45) is 0 Å². The molecular formula is C16H12BrN3O6. The van der Waals surface area contributed by atoms with Gasteiger partial charge < -0.3 is 20.1 Å². The molecule has 2 amide bonds. The Bertz CT molecular complexity index is 902. The van der Waals surface area contributed by atoms with E-state index in [1.54, 1.807) is 18.2 Å². The Kier molecular flexibility index (Phi) is 5.03. The number of rotatable bonds is 5. The van der Waals surface area contributed by atoms with E-state index in [0.29, 0.717) is 21.6 Å². The third kappa shape index (κ3) is 3.91. The Labute approximate surface area is 155 Å². The third-order valence-electron chi connectivity index (χ3n) is 3.40. The molecule has 26 heavy (non-hydrogen) atoms. The van der Waals surface area contributed by atoms with Crippen LogP contribution >= 0.6 is 15.9 Å². The zero-order valence-corrected chi connectivity index (χ0v) is 14.7. The fourth-order valence-electron chi connectivity index (χ4n) is 2.26. The molecule has 0 unspecified atom stereocenters. The zero-order chi connectivity index (χ0) is 18.7. The number of ether oxygens (including phenoxy) is 2. The van der Waals surface area contributed by atoms with Gasteiger partial charge in [0.15, 0.2) is 19.0 Å². The quantitative estimate of drug-likeness (QED) is 0.565. The van der Waals surface area contributed by atoms with E-state index < -0.39 is 17.4 Å². The van der Waals surface area contributed by atoms with Gasteiger partial charge in [-0.15, -0.1) is 0 Å². The van der Waals surface area contributed by atoms with Crippen LogP contribution < -0.4 is 20.1 Å². The lowest BCUT2D eigenvalue weighted by atomic mass is 10.2. The summed E-state index contributed by atoms with van der Waals surface area (Å²) < 4.78 is 11.1. The molecule has 0 aliphatic carbocycles. The molecule has 0 radical (unpaired) electrons. The van der Waals surface area contributed by atoms with Gasteiger partial charge in [-0.3, -0.25) is 19.7 Å². The Morgan fingerprint density at radius 1 is 1.38 bits per heavy atom. The maximum atomic E-state index is 12.1. The van der Waals surface area contributed by atoms with Crippen molar-refractivity contribution in [1.29, 1.82) is 0 Å². The van der Waals surface area contributed by atoms with Crippen LogP contribution in [-0.4, -0.2) is 30.0 Å². The number of para-hydroxylation sites is 2. The first kappa shape index (κ1) is 17.7. The number of nitro benzene ring substituents is 1. The van der Waals surface area contributed by atoms with Gasteiger partial charge in [-0.05, 0) is 28.1 Å². The Hall–Kier alpha value is -3.14. The molecule has 2 N–H and O–H groups in total. The molecule has 2 aromatic carbocycles. The van der Waals surface area contributed by atoms with Crippen molar-refractivity contribution in [2.75, 3.05) is 23.8 Å². The van der Waals surface area contributed by atoms with Crippen LogP contribution in [0.3, 0.4) is 0 Å². The number of hydrogen-bond donors (Lipinski definition) is 2. The normalized spacial score (nSPS) is 12.4. The smallest absolute Gasteiger partial charge is 0.310 e. The first-order valence-electron chi connectivity index (χ1n) is 7.36. The van der Waals surface area contributed by atoms with Gasteiger partial charge >= 0.3 is 5.69 Å². The highest BCUT2D eigenvalue weighted by Gasteiger charge is 2.19. The molecule has 0 aromatic heterocycles. The number of halogens is 1. The fourth-order valence-corrected chi connectivity index (χ4v) is 2.70. The van der Waals surface area contributed by atoms with E-state index >= 15 is 0 Å². The zero-order valence-electron chi connectivity index (χ0n) is 13.2. The van der Waals surface area contributed by atoms with Gasteiger partial charge in [-0.2, -0.15) is 0 Å². The van der Waals surface area contributed by atoms with Gasteiger partial charge in [-0.1, -0.05) is 12.1 Å². The van der Waals surface area contributed by atoms with Crippen LogP contribution in [0, 0.1) is 10.1 Å². The predicted molar refractivity (Wildman–Crippen MR) is 95.5 cm³/mol. The van der Waals surface area contributed by atoms with Crippen molar-refractivity contribution in [3.05, 3.63) is 51.0 Å². The molecule has 1 heterocycles. The average Bonchev–Trinajstić information content (AvgIpc) is 2.61. The summed E-state index contributed by atoms with van der Waals surface area (Å²) in [4.78, 5) is 33.8. The second-order valence-electron chi connectivity index (χ2n) is 5.23. The SMILES string of the molecule is O=C(COc1ccccc1[N+](=O)[O-])Nc1cc2c(cc1Br)NC(=O)CO2. The van der Waals surface area contributed by atoms with Crippen LogP contribution in [0.4, 0.5) is 17.1 Å². The summed E-state index contributed by atoms with van der Waals surface area (Å²) in [5.74, 6) is -0.353. The average molecular weight is 422 g/mol. The molecule has 2 aromatic rings. The summed E-state index contributed by atoms with van der Waals surface area (Å²) in [7, 11) is 0. The lowest BCUT2D eigenvalue weighted by Gasteiger charge is -2.19. The van der Waals surface area contributed by atoms with Crippen LogP contribution in [-0.2, 0) is 9.59 Å². The third-order valence-corrected chi connectivity index (χ3v) is 4.05. The van der Waals surface area contributed by atoms with E-state index in [1.165, 1.54) is 18.2 Å². The predicted octanol–water partition coefficient (Wildman–Crippen LogP) is 2.71. The van der Waals surface area contributed by atoms with E-state index in [4.69, 9.17) is 9.47 Å². The van der Waals surface area contributed by atoms with Crippen molar-refractivity contribution >= 4 is 44.8 Å². The molecule has 0 spiro atoms. The number of fused-ring (bicyclic) bond motifs is 1. The molecule has 0 saturated carbocycles. The minimum atomic E-state index is -0.584. The number of benzene rings is 2. The molecule has 3 rings (SSSR count). The van der Waals surface area contributed by atoms with Crippen molar-refractivity contribution < 1.29 is 24.0 Å². The van der Waals surface area contributed by atoms with E-state index in [1.807, 2.05) is 0 Å². The lowest BCUT2D eigenvalue weighted by Crippen LogP contribution is -2.26. The molecule has 10 heteroatoms. The van der Waals surface area contributed by atoms with Crippen molar-refractivity contribution in [3.63, 3.8) is 0 Å². The van der Waals surface area contributed by atoms with Crippen LogP contribution in [0.15, 0.2) is 40.9 Å². The molecule has 9 nitrogen and oxygen atoms in total. The van der Waals surface area contributed by atoms with Crippen molar-refractivity contribution in [2.45, 2.75) is 0 Å². The minimum absolute atomic E-state index is 0.00297. The number of amides is 2. The molecular weight excluding hydrogens is 410 g/mol. The first-order valence-corrected chi connectivity index (χ1v) is 8.15. The highest BCUT2D eigenvalue weighted by molar-refractivity contribution is 9.10. The summed E-state index contributed by atoms with van der Waals surface area (Å²) in [6.45, 7) is -0.519. The van der Waals surface area contributed by atoms with E-state index in [2.05, 4.69) is 26.6 Å². The van der Waals surface area contributed by atoms with Crippen molar-refractivity contribution in [3.8, 4) is 11.5 Å². The van der Waals surface area contributed by atoms with E-state index in [0.717, 1.165) is 0 Å². The second kappa shape index (κ2) is 7.40. The van der Waals surface area contributed by atoms with Crippen LogP contribution in [0.5, 0.6) is 11.5 Å². The maximum absolute atomic E-state index is 12.1.